The topological polar surface area (TPSA) is 51.2 Å². The van der Waals surface area contributed by atoms with Crippen LogP contribution in [0.2, 0.25) is 5.02 Å². The molecule has 3 rings (SSSR count). The minimum atomic E-state index is -0.505. The van der Waals surface area contributed by atoms with Gasteiger partial charge in [0.25, 0.3) is 0 Å². The highest BCUT2D eigenvalue weighted by molar-refractivity contribution is 6.31. The molecule has 134 valence electrons. The van der Waals surface area contributed by atoms with Gasteiger partial charge in [0, 0.05) is 17.3 Å². The van der Waals surface area contributed by atoms with Crippen LogP contribution in [0.3, 0.4) is 0 Å². The molecule has 2 aromatic carbocycles. The summed E-state index contributed by atoms with van der Waals surface area (Å²) in [6.07, 6.45) is 1.50. The first-order valence-electron chi connectivity index (χ1n) is 8.20. The van der Waals surface area contributed by atoms with Crippen LogP contribution in [0.15, 0.2) is 36.5 Å². The van der Waals surface area contributed by atoms with E-state index in [0.29, 0.717) is 16.9 Å². The van der Waals surface area contributed by atoms with Gasteiger partial charge in [-0.05, 0) is 50.6 Å². The fraction of sp³-hybridized carbons (Fsp3) is 0.200. The van der Waals surface area contributed by atoms with Crippen LogP contribution in [0.1, 0.15) is 28.4 Å². The molecule has 0 saturated carbocycles. The fourth-order valence-corrected chi connectivity index (χ4v) is 3.06. The van der Waals surface area contributed by atoms with Gasteiger partial charge in [-0.25, -0.2) is 9.18 Å². The van der Waals surface area contributed by atoms with Crippen molar-refractivity contribution < 1.29 is 13.9 Å². The first-order valence-corrected chi connectivity index (χ1v) is 8.57. The number of pyridine rings is 1. The molecule has 1 heterocycles. The molecule has 0 aliphatic carbocycles. The zero-order valence-electron chi connectivity index (χ0n) is 14.7. The van der Waals surface area contributed by atoms with Crippen molar-refractivity contribution >= 4 is 39.8 Å². The molecule has 0 spiro atoms. The molecule has 6 heteroatoms. The Morgan fingerprint density at radius 3 is 2.73 bits per heavy atom. The number of fused-ring (bicyclic) bond motifs is 1. The highest BCUT2D eigenvalue weighted by Crippen LogP contribution is 2.33. The number of aromatic nitrogens is 1. The van der Waals surface area contributed by atoms with E-state index >= 15 is 0 Å². The minimum Gasteiger partial charge on any atom is -0.462 e. The van der Waals surface area contributed by atoms with Crippen LogP contribution in [0.5, 0.6) is 0 Å². The molecule has 0 bridgehead atoms. The van der Waals surface area contributed by atoms with E-state index < -0.39 is 11.8 Å². The van der Waals surface area contributed by atoms with Crippen LogP contribution in [0, 0.1) is 19.7 Å². The van der Waals surface area contributed by atoms with Crippen LogP contribution < -0.4 is 5.32 Å². The van der Waals surface area contributed by atoms with E-state index in [4.69, 9.17) is 16.3 Å². The first kappa shape index (κ1) is 18.1. The van der Waals surface area contributed by atoms with E-state index in [-0.39, 0.29) is 11.6 Å². The monoisotopic (exact) mass is 372 g/mol. The highest BCUT2D eigenvalue weighted by Gasteiger charge is 2.18. The van der Waals surface area contributed by atoms with Gasteiger partial charge in [-0.2, -0.15) is 0 Å². The number of nitrogens with zero attached hydrogens (tertiary/aromatic N) is 1. The molecule has 0 atom stereocenters. The van der Waals surface area contributed by atoms with Gasteiger partial charge in [-0.3, -0.25) is 4.98 Å². The fourth-order valence-electron chi connectivity index (χ4n) is 2.88. The van der Waals surface area contributed by atoms with Gasteiger partial charge < -0.3 is 10.1 Å². The number of esters is 1. The molecule has 3 aromatic rings. The summed E-state index contributed by atoms with van der Waals surface area (Å²) in [5.41, 5.74) is 4.24. The van der Waals surface area contributed by atoms with Crippen molar-refractivity contribution in [2.24, 2.45) is 0 Å². The number of hydrogen-bond acceptors (Lipinski definition) is 4. The summed E-state index contributed by atoms with van der Waals surface area (Å²) in [6, 6.07) is 8.28. The van der Waals surface area contributed by atoms with E-state index in [2.05, 4.69) is 10.3 Å². The molecule has 0 fully saturated rings. The van der Waals surface area contributed by atoms with Crippen molar-refractivity contribution in [2.45, 2.75) is 20.8 Å². The van der Waals surface area contributed by atoms with Gasteiger partial charge in [-0.1, -0.05) is 23.2 Å². The summed E-state index contributed by atoms with van der Waals surface area (Å²) in [7, 11) is 0. The Labute approximate surface area is 156 Å². The van der Waals surface area contributed by atoms with Crippen molar-refractivity contribution in [3.63, 3.8) is 0 Å². The Kier molecular flexibility index (Phi) is 5.09. The van der Waals surface area contributed by atoms with Crippen LogP contribution in [0.25, 0.3) is 10.9 Å². The summed E-state index contributed by atoms with van der Waals surface area (Å²) in [4.78, 5) is 16.8. The van der Waals surface area contributed by atoms with Crippen molar-refractivity contribution in [1.29, 1.82) is 0 Å². The maximum absolute atomic E-state index is 13.5. The Balaban J connectivity index is 2.22. The summed E-state index contributed by atoms with van der Waals surface area (Å²) >= 11 is 5.88. The SMILES string of the molecule is CCOC(=O)c1cnc2c(C)cc(C)cc2c1Nc1ccc(F)c(Cl)c1. The van der Waals surface area contributed by atoms with Crippen LogP contribution in [-0.4, -0.2) is 17.6 Å². The molecule has 1 N–H and O–H groups in total. The third-order valence-electron chi connectivity index (χ3n) is 3.99. The average Bonchev–Trinajstić information content (AvgIpc) is 2.58. The largest absolute Gasteiger partial charge is 0.462 e. The lowest BCUT2D eigenvalue weighted by atomic mass is 10.0. The Bertz CT molecular complexity index is 1000. The molecular formula is C20H18ClFN2O2. The van der Waals surface area contributed by atoms with Crippen LogP contribution >= 0.6 is 11.6 Å². The van der Waals surface area contributed by atoms with Gasteiger partial charge in [-0.15, -0.1) is 0 Å². The molecule has 0 amide bonds. The quantitative estimate of drug-likeness (QED) is 0.609. The van der Waals surface area contributed by atoms with E-state index in [0.717, 1.165) is 22.0 Å². The number of carbonyl (C=O) groups excluding carboxylic acids is 1. The van der Waals surface area contributed by atoms with Gasteiger partial charge in [0.2, 0.25) is 0 Å². The Morgan fingerprint density at radius 2 is 2.04 bits per heavy atom. The second kappa shape index (κ2) is 7.30. The average molecular weight is 373 g/mol. The predicted octanol–water partition coefficient (Wildman–Crippen LogP) is 5.56. The zero-order valence-corrected chi connectivity index (χ0v) is 15.4. The second-order valence-corrected chi connectivity index (χ2v) is 6.41. The van der Waals surface area contributed by atoms with Gasteiger partial charge in [0.1, 0.15) is 11.4 Å². The number of hydrogen-bond donors (Lipinski definition) is 1. The van der Waals surface area contributed by atoms with Gasteiger partial charge in [0.05, 0.1) is 22.8 Å². The molecular weight excluding hydrogens is 355 g/mol. The molecule has 26 heavy (non-hydrogen) atoms. The smallest absolute Gasteiger partial charge is 0.341 e. The molecule has 1 aromatic heterocycles. The van der Waals surface area contributed by atoms with Gasteiger partial charge in [0.15, 0.2) is 0 Å². The lowest BCUT2D eigenvalue weighted by Crippen LogP contribution is -2.09. The molecule has 0 saturated heterocycles. The highest BCUT2D eigenvalue weighted by atomic mass is 35.5. The lowest BCUT2D eigenvalue weighted by Gasteiger charge is -2.16. The van der Waals surface area contributed by atoms with E-state index in [1.807, 2.05) is 26.0 Å². The number of halogens is 2. The Morgan fingerprint density at radius 1 is 1.27 bits per heavy atom. The van der Waals surface area contributed by atoms with Crippen molar-refractivity contribution in [1.82, 2.24) is 4.98 Å². The van der Waals surface area contributed by atoms with Gasteiger partial charge >= 0.3 is 5.97 Å². The standard InChI is InChI=1S/C20H18ClFN2O2/c1-4-26-20(25)15-10-23-18-12(3)7-11(2)8-14(18)19(15)24-13-5-6-17(22)16(21)9-13/h5-10H,4H2,1-3H3,(H,23,24). The molecule has 0 radical (unpaired) electrons. The van der Waals surface area contributed by atoms with E-state index in [9.17, 15) is 9.18 Å². The second-order valence-electron chi connectivity index (χ2n) is 6.00. The number of ether oxygens (including phenoxy) is 1. The summed E-state index contributed by atoms with van der Waals surface area (Å²) in [6.45, 7) is 5.94. The molecule has 0 aliphatic rings. The maximum atomic E-state index is 13.5. The predicted molar refractivity (Wildman–Crippen MR) is 102 cm³/mol. The molecule has 0 aliphatic heterocycles. The lowest BCUT2D eigenvalue weighted by molar-refractivity contribution is 0.0527. The maximum Gasteiger partial charge on any atom is 0.341 e. The summed E-state index contributed by atoms with van der Waals surface area (Å²) in [5, 5.41) is 3.97. The minimum absolute atomic E-state index is 0.00147. The Hall–Kier alpha value is -2.66. The summed E-state index contributed by atoms with van der Waals surface area (Å²) < 4.78 is 18.6. The molecule has 0 unspecified atom stereocenters. The number of anilines is 2. The van der Waals surface area contributed by atoms with Crippen LogP contribution in [-0.2, 0) is 4.74 Å². The molecule has 4 nitrogen and oxygen atoms in total. The third kappa shape index (κ3) is 3.48. The number of nitrogens with one attached hydrogen (secondary N) is 1. The van der Waals surface area contributed by atoms with Crippen LogP contribution in [0.4, 0.5) is 15.8 Å². The number of benzene rings is 2. The summed E-state index contributed by atoms with van der Waals surface area (Å²) in [5.74, 6) is -0.981. The van der Waals surface area contributed by atoms with E-state index in [1.165, 1.54) is 18.3 Å². The van der Waals surface area contributed by atoms with Crippen molar-refractivity contribution in [3.8, 4) is 0 Å². The normalized spacial score (nSPS) is 10.8. The van der Waals surface area contributed by atoms with Crippen molar-refractivity contribution in [3.05, 3.63) is 64.1 Å². The number of rotatable bonds is 4. The zero-order chi connectivity index (χ0) is 18.8. The number of aryl methyl sites for hydroxylation is 2. The van der Waals surface area contributed by atoms with E-state index in [1.54, 1.807) is 13.0 Å². The first-order chi connectivity index (χ1) is 12.4. The third-order valence-corrected chi connectivity index (χ3v) is 4.28. The number of carbonyl (C=O) groups is 1. The van der Waals surface area contributed by atoms with Crippen molar-refractivity contribution in [2.75, 3.05) is 11.9 Å².